The number of ether oxygens (including phenoxy) is 1. The van der Waals surface area contributed by atoms with Crippen LogP contribution in [0.1, 0.15) is 25.8 Å². The topological polar surface area (TPSA) is 61.7 Å². The van der Waals surface area contributed by atoms with E-state index < -0.39 is 0 Å². The van der Waals surface area contributed by atoms with E-state index in [-0.39, 0.29) is 11.9 Å². The lowest BCUT2D eigenvalue weighted by molar-refractivity contribution is 0.183. The van der Waals surface area contributed by atoms with Crippen molar-refractivity contribution in [3.8, 4) is 11.5 Å². The van der Waals surface area contributed by atoms with Crippen LogP contribution in [-0.2, 0) is 6.54 Å². The predicted octanol–water partition coefficient (Wildman–Crippen LogP) is 1.65. The summed E-state index contributed by atoms with van der Waals surface area (Å²) in [5, 5.41) is 22.2. The van der Waals surface area contributed by atoms with E-state index in [1.807, 2.05) is 19.1 Å². The van der Waals surface area contributed by atoms with E-state index in [0.29, 0.717) is 25.3 Å². The lowest BCUT2D eigenvalue weighted by Crippen LogP contribution is -2.18. The van der Waals surface area contributed by atoms with E-state index in [9.17, 15) is 5.11 Å². The minimum Gasteiger partial charge on any atom is -0.504 e. The highest BCUT2D eigenvalue weighted by molar-refractivity contribution is 5.45. The number of hydrogen-bond donors (Lipinski definition) is 3. The lowest BCUT2D eigenvalue weighted by Gasteiger charge is -2.11. The van der Waals surface area contributed by atoms with Gasteiger partial charge in [-0.25, -0.2) is 0 Å². The van der Waals surface area contributed by atoms with Crippen LogP contribution in [0.2, 0.25) is 0 Å². The third kappa shape index (κ3) is 4.63. The Morgan fingerprint density at radius 3 is 2.82 bits per heavy atom. The van der Waals surface area contributed by atoms with Crippen molar-refractivity contribution in [1.82, 2.24) is 5.32 Å². The number of phenols is 1. The van der Waals surface area contributed by atoms with Gasteiger partial charge >= 0.3 is 0 Å². The molecule has 0 spiro atoms. The smallest absolute Gasteiger partial charge is 0.162 e. The summed E-state index contributed by atoms with van der Waals surface area (Å²) in [6.45, 7) is 5.46. The number of benzene rings is 1. The predicted molar refractivity (Wildman–Crippen MR) is 67.3 cm³/mol. The van der Waals surface area contributed by atoms with Crippen LogP contribution in [0.4, 0.5) is 0 Å². The van der Waals surface area contributed by atoms with E-state index in [4.69, 9.17) is 9.84 Å². The zero-order valence-corrected chi connectivity index (χ0v) is 10.4. The summed E-state index contributed by atoms with van der Waals surface area (Å²) < 4.78 is 5.30. The van der Waals surface area contributed by atoms with Gasteiger partial charge < -0.3 is 20.3 Å². The second kappa shape index (κ2) is 7.14. The molecule has 96 valence electrons. The van der Waals surface area contributed by atoms with Crippen LogP contribution in [0.25, 0.3) is 0 Å². The third-order valence-electron chi connectivity index (χ3n) is 2.44. The number of aliphatic hydroxyl groups excluding tert-OH is 1. The third-order valence-corrected chi connectivity index (χ3v) is 2.44. The van der Waals surface area contributed by atoms with E-state index in [1.54, 1.807) is 13.0 Å². The monoisotopic (exact) mass is 239 g/mol. The van der Waals surface area contributed by atoms with Crippen molar-refractivity contribution in [2.75, 3.05) is 13.2 Å². The Hall–Kier alpha value is -1.26. The summed E-state index contributed by atoms with van der Waals surface area (Å²) in [6.07, 6.45) is 0.400. The molecule has 17 heavy (non-hydrogen) atoms. The largest absolute Gasteiger partial charge is 0.504 e. The molecule has 1 rings (SSSR count). The van der Waals surface area contributed by atoms with Gasteiger partial charge in [-0.3, -0.25) is 0 Å². The maximum Gasteiger partial charge on any atom is 0.162 e. The standard InChI is InChI=1S/C13H21NO3/c1-3-17-12-6-4-5-11(13(12)16)9-14-8-7-10(2)15/h4-6,10,14-16H,3,7-9H2,1-2H3. The summed E-state index contributed by atoms with van der Waals surface area (Å²) in [4.78, 5) is 0. The van der Waals surface area contributed by atoms with Crippen molar-refractivity contribution < 1.29 is 14.9 Å². The summed E-state index contributed by atoms with van der Waals surface area (Å²) in [5.41, 5.74) is 0.807. The second-order valence-corrected chi connectivity index (χ2v) is 4.01. The Kier molecular flexibility index (Phi) is 5.80. The molecule has 0 aromatic heterocycles. The second-order valence-electron chi connectivity index (χ2n) is 4.01. The number of phenolic OH excluding ortho intramolecular Hbond substituents is 1. The molecule has 0 aliphatic heterocycles. The molecular formula is C13H21NO3. The van der Waals surface area contributed by atoms with E-state index in [1.165, 1.54) is 0 Å². The van der Waals surface area contributed by atoms with Crippen LogP contribution >= 0.6 is 0 Å². The van der Waals surface area contributed by atoms with Crippen molar-refractivity contribution in [3.05, 3.63) is 23.8 Å². The molecule has 1 aromatic carbocycles. The molecule has 0 aliphatic carbocycles. The Morgan fingerprint density at radius 1 is 1.41 bits per heavy atom. The van der Waals surface area contributed by atoms with Gasteiger partial charge in [-0.15, -0.1) is 0 Å². The average molecular weight is 239 g/mol. The molecule has 0 fully saturated rings. The molecule has 4 heteroatoms. The van der Waals surface area contributed by atoms with Crippen molar-refractivity contribution in [1.29, 1.82) is 0 Å². The number of hydrogen-bond acceptors (Lipinski definition) is 4. The van der Waals surface area contributed by atoms with Crippen molar-refractivity contribution in [2.45, 2.75) is 32.9 Å². The van der Waals surface area contributed by atoms with Gasteiger partial charge in [0.2, 0.25) is 0 Å². The quantitative estimate of drug-likeness (QED) is 0.633. The maximum atomic E-state index is 9.91. The Balaban J connectivity index is 2.50. The van der Waals surface area contributed by atoms with Gasteiger partial charge in [0.15, 0.2) is 11.5 Å². The van der Waals surface area contributed by atoms with Crippen LogP contribution in [0.5, 0.6) is 11.5 Å². The highest BCUT2D eigenvalue weighted by Crippen LogP contribution is 2.29. The van der Waals surface area contributed by atoms with Gasteiger partial charge in [-0.2, -0.15) is 0 Å². The molecule has 0 radical (unpaired) electrons. The van der Waals surface area contributed by atoms with Crippen molar-refractivity contribution in [2.24, 2.45) is 0 Å². The molecule has 0 amide bonds. The zero-order chi connectivity index (χ0) is 12.7. The molecular weight excluding hydrogens is 218 g/mol. The number of para-hydroxylation sites is 1. The van der Waals surface area contributed by atoms with Crippen LogP contribution in [-0.4, -0.2) is 29.5 Å². The molecule has 0 heterocycles. The highest BCUT2D eigenvalue weighted by Gasteiger charge is 2.07. The minimum absolute atomic E-state index is 0.193. The summed E-state index contributed by atoms with van der Waals surface area (Å²) >= 11 is 0. The summed E-state index contributed by atoms with van der Waals surface area (Å²) in [6, 6.07) is 5.46. The van der Waals surface area contributed by atoms with Crippen molar-refractivity contribution in [3.63, 3.8) is 0 Å². The van der Waals surface area contributed by atoms with Gasteiger partial charge in [-0.05, 0) is 32.9 Å². The van der Waals surface area contributed by atoms with Crippen LogP contribution < -0.4 is 10.1 Å². The summed E-state index contributed by atoms with van der Waals surface area (Å²) in [7, 11) is 0. The zero-order valence-electron chi connectivity index (χ0n) is 10.4. The van der Waals surface area contributed by atoms with Gasteiger partial charge in [0.05, 0.1) is 12.7 Å². The minimum atomic E-state index is -0.300. The first-order chi connectivity index (χ1) is 8.15. The first kappa shape index (κ1) is 13.8. The number of aliphatic hydroxyl groups is 1. The van der Waals surface area contributed by atoms with Gasteiger partial charge in [-0.1, -0.05) is 12.1 Å². The first-order valence-electron chi connectivity index (χ1n) is 5.97. The van der Waals surface area contributed by atoms with Gasteiger partial charge in [0.1, 0.15) is 0 Å². The number of nitrogens with one attached hydrogen (secondary N) is 1. The van der Waals surface area contributed by atoms with E-state index in [2.05, 4.69) is 5.32 Å². The molecule has 1 unspecified atom stereocenters. The summed E-state index contributed by atoms with van der Waals surface area (Å²) in [5.74, 6) is 0.709. The normalized spacial score (nSPS) is 12.4. The maximum absolute atomic E-state index is 9.91. The highest BCUT2D eigenvalue weighted by atomic mass is 16.5. The van der Waals surface area contributed by atoms with Crippen LogP contribution in [0.3, 0.4) is 0 Å². The van der Waals surface area contributed by atoms with E-state index in [0.717, 1.165) is 12.1 Å². The lowest BCUT2D eigenvalue weighted by atomic mass is 10.2. The molecule has 0 aliphatic rings. The Morgan fingerprint density at radius 2 is 2.18 bits per heavy atom. The fraction of sp³-hybridized carbons (Fsp3) is 0.538. The SMILES string of the molecule is CCOc1cccc(CNCCC(C)O)c1O. The fourth-order valence-electron chi connectivity index (χ4n) is 1.52. The van der Waals surface area contributed by atoms with Crippen molar-refractivity contribution >= 4 is 0 Å². The molecule has 3 N–H and O–H groups in total. The van der Waals surface area contributed by atoms with Crippen LogP contribution in [0, 0.1) is 0 Å². The van der Waals surface area contributed by atoms with E-state index >= 15 is 0 Å². The molecule has 1 aromatic rings. The molecule has 0 saturated heterocycles. The number of aromatic hydroxyl groups is 1. The Bertz CT molecular complexity index is 339. The molecule has 4 nitrogen and oxygen atoms in total. The van der Waals surface area contributed by atoms with Gasteiger partial charge in [0, 0.05) is 12.1 Å². The Labute approximate surface area is 102 Å². The fourth-order valence-corrected chi connectivity index (χ4v) is 1.52. The number of rotatable bonds is 7. The van der Waals surface area contributed by atoms with Crippen LogP contribution in [0.15, 0.2) is 18.2 Å². The van der Waals surface area contributed by atoms with Gasteiger partial charge in [0.25, 0.3) is 0 Å². The first-order valence-corrected chi connectivity index (χ1v) is 5.97. The molecule has 0 saturated carbocycles. The molecule has 1 atom stereocenters. The molecule has 0 bridgehead atoms. The average Bonchev–Trinajstić information content (AvgIpc) is 2.29.